The van der Waals surface area contributed by atoms with Gasteiger partial charge in [0.25, 0.3) is 0 Å². The van der Waals surface area contributed by atoms with Crippen molar-refractivity contribution in [2.24, 2.45) is 0 Å². The minimum Gasteiger partial charge on any atom is -0.347 e. The van der Waals surface area contributed by atoms with E-state index in [0.29, 0.717) is 6.42 Å². The number of aromatic nitrogens is 2. The summed E-state index contributed by atoms with van der Waals surface area (Å²) in [5.74, 6) is 0.389. The number of nitrogens with one attached hydrogen (secondary N) is 2. The second kappa shape index (κ2) is 9.92. The molecule has 0 saturated heterocycles. The molecular formula is C26H26N4O2. The van der Waals surface area contributed by atoms with Gasteiger partial charge in [0.05, 0.1) is 17.6 Å². The van der Waals surface area contributed by atoms with Gasteiger partial charge in [-0.3, -0.25) is 14.2 Å². The number of amides is 2. The maximum absolute atomic E-state index is 12.4. The predicted octanol–water partition coefficient (Wildman–Crippen LogP) is 4.28. The van der Waals surface area contributed by atoms with Crippen molar-refractivity contribution in [3.8, 4) is 5.69 Å². The Hall–Kier alpha value is -3.93. The molecule has 2 N–H and O–H groups in total. The van der Waals surface area contributed by atoms with Crippen molar-refractivity contribution in [3.05, 3.63) is 90.3 Å². The van der Waals surface area contributed by atoms with Crippen LogP contribution < -0.4 is 10.6 Å². The van der Waals surface area contributed by atoms with Gasteiger partial charge in [-0.1, -0.05) is 55.5 Å². The summed E-state index contributed by atoms with van der Waals surface area (Å²) in [5, 5.41) is 5.58. The van der Waals surface area contributed by atoms with E-state index in [2.05, 4.69) is 15.2 Å². The van der Waals surface area contributed by atoms with Crippen LogP contribution in [-0.2, 0) is 22.4 Å². The molecule has 32 heavy (non-hydrogen) atoms. The molecule has 0 aliphatic rings. The standard InChI is InChI=1S/C26H26N4O2/c1-2-19-10-6-7-13-21(19)29-26(32)18-27-25(31)17-16-24-28-22-14-8-9-15-23(22)30(24)20-11-4-3-5-12-20/h3-15H,2,16-18H2,1H3,(H,27,31)(H,29,32). The highest BCUT2D eigenvalue weighted by molar-refractivity contribution is 5.95. The number of hydrogen-bond acceptors (Lipinski definition) is 3. The number of anilines is 1. The molecule has 0 fully saturated rings. The van der Waals surface area contributed by atoms with Crippen molar-refractivity contribution in [1.82, 2.24) is 14.9 Å². The zero-order valence-electron chi connectivity index (χ0n) is 18.0. The molecule has 1 aromatic heterocycles. The molecule has 6 nitrogen and oxygen atoms in total. The van der Waals surface area contributed by atoms with Crippen LogP contribution in [-0.4, -0.2) is 27.9 Å². The zero-order chi connectivity index (χ0) is 22.3. The van der Waals surface area contributed by atoms with Crippen molar-refractivity contribution in [2.45, 2.75) is 26.2 Å². The first-order valence-corrected chi connectivity index (χ1v) is 10.8. The SMILES string of the molecule is CCc1ccccc1NC(=O)CNC(=O)CCc1nc2ccccc2n1-c1ccccc1. The molecule has 0 unspecified atom stereocenters. The Morgan fingerprint density at radius 2 is 1.59 bits per heavy atom. The summed E-state index contributed by atoms with van der Waals surface area (Å²) in [5.41, 5.74) is 4.74. The van der Waals surface area contributed by atoms with Crippen LogP contribution in [0.3, 0.4) is 0 Å². The van der Waals surface area contributed by atoms with Gasteiger partial charge in [-0.05, 0) is 42.3 Å². The first kappa shape index (κ1) is 21.3. The van der Waals surface area contributed by atoms with Crippen LogP contribution in [0.5, 0.6) is 0 Å². The van der Waals surface area contributed by atoms with E-state index in [9.17, 15) is 9.59 Å². The predicted molar refractivity (Wildman–Crippen MR) is 127 cm³/mol. The van der Waals surface area contributed by atoms with Crippen LogP contribution in [0.1, 0.15) is 24.7 Å². The molecule has 0 aliphatic carbocycles. The Balaban J connectivity index is 1.39. The highest BCUT2D eigenvalue weighted by Crippen LogP contribution is 2.22. The highest BCUT2D eigenvalue weighted by Gasteiger charge is 2.14. The maximum Gasteiger partial charge on any atom is 0.243 e. The number of carbonyl (C=O) groups is 2. The number of rotatable bonds is 8. The number of nitrogens with zero attached hydrogens (tertiary/aromatic N) is 2. The molecule has 2 amide bonds. The molecule has 0 aliphatic heterocycles. The summed E-state index contributed by atoms with van der Waals surface area (Å²) >= 11 is 0. The fraction of sp³-hybridized carbons (Fsp3) is 0.192. The second-order valence-electron chi connectivity index (χ2n) is 7.52. The smallest absolute Gasteiger partial charge is 0.243 e. The zero-order valence-corrected chi connectivity index (χ0v) is 18.0. The van der Waals surface area contributed by atoms with E-state index >= 15 is 0 Å². The number of hydrogen-bond donors (Lipinski definition) is 2. The van der Waals surface area contributed by atoms with Gasteiger partial charge in [0.1, 0.15) is 5.82 Å². The Kier molecular flexibility index (Phi) is 6.60. The molecule has 0 bridgehead atoms. The minimum absolute atomic E-state index is 0.0635. The lowest BCUT2D eigenvalue weighted by Crippen LogP contribution is -2.33. The number of imidazole rings is 1. The summed E-state index contributed by atoms with van der Waals surface area (Å²) in [4.78, 5) is 29.4. The molecule has 0 atom stereocenters. The number of para-hydroxylation sites is 4. The van der Waals surface area contributed by atoms with E-state index < -0.39 is 0 Å². The largest absolute Gasteiger partial charge is 0.347 e. The molecule has 0 spiro atoms. The van der Waals surface area contributed by atoms with Gasteiger partial charge < -0.3 is 10.6 Å². The van der Waals surface area contributed by atoms with E-state index in [1.165, 1.54) is 0 Å². The van der Waals surface area contributed by atoms with Gasteiger partial charge in [-0.2, -0.15) is 0 Å². The van der Waals surface area contributed by atoms with Gasteiger partial charge in [-0.15, -0.1) is 0 Å². The van der Waals surface area contributed by atoms with E-state index in [1.54, 1.807) is 0 Å². The van der Waals surface area contributed by atoms with Crippen LogP contribution in [0.4, 0.5) is 5.69 Å². The van der Waals surface area contributed by atoms with Crippen molar-refractivity contribution < 1.29 is 9.59 Å². The normalized spacial score (nSPS) is 10.8. The number of benzene rings is 3. The molecule has 162 valence electrons. The summed E-state index contributed by atoms with van der Waals surface area (Å²) in [6, 6.07) is 25.6. The van der Waals surface area contributed by atoms with E-state index in [0.717, 1.165) is 40.2 Å². The number of aryl methyl sites for hydroxylation is 2. The highest BCUT2D eigenvalue weighted by atomic mass is 16.2. The van der Waals surface area contributed by atoms with Crippen LogP contribution in [0.25, 0.3) is 16.7 Å². The lowest BCUT2D eigenvalue weighted by Gasteiger charge is -2.11. The van der Waals surface area contributed by atoms with Gasteiger partial charge in [-0.25, -0.2) is 4.98 Å². The molecule has 0 saturated carbocycles. The van der Waals surface area contributed by atoms with Crippen molar-refractivity contribution in [3.63, 3.8) is 0 Å². The maximum atomic E-state index is 12.4. The van der Waals surface area contributed by atoms with Crippen LogP contribution in [0.15, 0.2) is 78.9 Å². The first-order chi connectivity index (χ1) is 15.7. The van der Waals surface area contributed by atoms with Gasteiger partial charge in [0, 0.05) is 24.2 Å². The lowest BCUT2D eigenvalue weighted by molar-refractivity contribution is -0.124. The Labute approximate surface area is 187 Å². The monoisotopic (exact) mass is 426 g/mol. The van der Waals surface area contributed by atoms with Crippen molar-refractivity contribution in [1.29, 1.82) is 0 Å². The number of carbonyl (C=O) groups excluding carboxylic acids is 2. The second-order valence-corrected chi connectivity index (χ2v) is 7.52. The Morgan fingerprint density at radius 3 is 2.41 bits per heavy atom. The third-order valence-corrected chi connectivity index (χ3v) is 5.34. The van der Waals surface area contributed by atoms with E-state index in [-0.39, 0.29) is 24.8 Å². The first-order valence-electron chi connectivity index (χ1n) is 10.8. The molecule has 0 radical (unpaired) electrons. The number of fused-ring (bicyclic) bond motifs is 1. The molecule has 3 aromatic carbocycles. The molecule has 6 heteroatoms. The van der Waals surface area contributed by atoms with Gasteiger partial charge in [0.15, 0.2) is 0 Å². The average molecular weight is 427 g/mol. The summed E-state index contributed by atoms with van der Waals surface area (Å²) in [6.45, 7) is 1.97. The summed E-state index contributed by atoms with van der Waals surface area (Å²) in [7, 11) is 0. The Bertz CT molecular complexity index is 1230. The quantitative estimate of drug-likeness (QED) is 0.442. The fourth-order valence-electron chi connectivity index (χ4n) is 3.75. The van der Waals surface area contributed by atoms with Crippen LogP contribution >= 0.6 is 0 Å². The van der Waals surface area contributed by atoms with Gasteiger partial charge in [0.2, 0.25) is 11.8 Å². The average Bonchev–Trinajstić information content (AvgIpc) is 3.20. The van der Waals surface area contributed by atoms with Crippen molar-refractivity contribution in [2.75, 3.05) is 11.9 Å². The van der Waals surface area contributed by atoms with E-state index in [1.807, 2.05) is 85.8 Å². The third-order valence-electron chi connectivity index (χ3n) is 5.34. The van der Waals surface area contributed by atoms with Crippen LogP contribution in [0, 0.1) is 0 Å². The van der Waals surface area contributed by atoms with Crippen molar-refractivity contribution >= 4 is 28.5 Å². The molecule has 1 heterocycles. The minimum atomic E-state index is -0.240. The summed E-state index contributed by atoms with van der Waals surface area (Å²) < 4.78 is 2.08. The Morgan fingerprint density at radius 1 is 0.875 bits per heavy atom. The molecule has 4 aromatic rings. The fourth-order valence-corrected chi connectivity index (χ4v) is 3.75. The molecular weight excluding hydrogens is 400 g/mol. The lowest BCUT2D eigenvalue weighted by atomic mass is 10.1. The topological polar surface area (TPSA) is 76.0 Å². The molecule has 4 rings (SSSR count). The van der Waals surface area contributed by atoms with E-state index in [4.69, 9.17) is 4.98 Å². The third kappa shape index (κ3) is 4.86. The van der Waals surface area contributed by atoms with Gasteiger partial charge >= 0.3 is 0 Å². The van der Waals surface area contributed by atoms with Crippen LogP contribution in [0.2, 0.25) is 0 Å². The summed E-state index contributed by atoms with van der Waals surface area (Å²) in [6.07, 6.45) is 1.54.